The molecule has 92 valence electrons. The molecule has 0 fully saturated rings. The molecule has 0 unspecified atom stereocenters. The Morgan fingerprint density at radius 3 is 2.88 bits per heavy atom. The van der Waals surface area contributed by atoms with Gasteiger partial charge in [0.25, 0.3) is 0 Å². The first-order chi connectivity index (χ1) is 8.38. The molecular formula is C14H20N2O. The van der Waals surface area contributed by atoms with Crippen molar-refractivity contribution in [1.29, 1.82) is 5.26 Å². The summed E-state index contributed by atoms with van der Waals surface area (Å²) in [6.45, 7) is 1.67. The Bertz CT molecular complexity index is 357. The van der Waals surface area contributed by atoms with Gasteiger partial charge in [0.15, 0.2) is 0 Å². The quantitative estimate of drug-likeness (QED) is 0.701. The second kappa shape index (κ2) is 8.60. The monoisotopic (exact) mass is 232 g/mol. The van der Waals surface area contributed by atoms with Crippen molar-refractivity contribution in [3.63, 3.8) is 0 Å². The third kappa shape index (κ3) is 5.37. The summed E-state index contributed by atoms with van der Waals surface area (Å²) in [6.07, 6.45) is 3.57. The van der Waals surface area contributed by atoms with Gasteiger partial charge >= 0.3 is 0 Å². The van der Waals surface area contributed by atoms with Gasteiger partial charge in [-0.15, -0.1) is 0 Å². The minimum atomic E-state index is 0.646. The molecule has 0 radical (unpaired) electrons. The number of nitrogens with zero attached hydrogens (tertiary/aromatic N) is 1. The van der Waals surface area contributed by atoms with E-state index < -0.39 is 0 Å². The molecule has 1 rings (SSSR count). The number of anilines is 1. The van der Waals surface area contributed by atoms with Crippen molar-refractivity contribution in [3.05, 3.63) is 29.8 Å². The number of para-hydroxylation sites is 1. The van der Waals surface area contributed by atoms with Crippen LogP contribution in [0.25, 0.3) is 0 Å². The van der Waals surface area contributed by atoms with Crippen LogP contribution in [-0.4, -0.2) is 20.3 Å². The van der Waals surface area contributed by atoms with Crippen molar-refractivity contribution < 1.29 is 4.74 Å². The van der Waals surface area contributed by atoms with Crippen LogP contribution in [0, 0.1) is 11.3 Å². The van der Waals surface area contributed by atoms with E-state index in [4.69, 9.17) is 10.00 Å². The molecule has 0 bridgehead atoms. The average Bonchev–Trinajstić information content (AvgIpc) is 2.37. The number of hydrogen-bond donors (Lipinski definition) is 1. The lowest BCUT2D eigenvalue weighted by atomic mass is 10.1. The Kier molecular flexibility index (Phi) is 6.85. The molecule has 0 aliphatic carbocycles. The average molecular weight is 232 g/mol. The van der Waals surface area contributed by atoms with Crippen LogP contribution in [0.1, 0.15) is 24.8 Å². The highest BCUT2D eigenvalue weighted by molar-refractivity contribution is 5.51. The van der Waals surface area contributed by atoms with E-state index in [-0.39, 0.29) is 0 Å². The maximum absolute atomic E-state index is 8.44. The Labute approximate surface area is 103 Å². The maximum Gasteiger partial charge on any atom is 0.0621 e. The van der Waals surface area contributed by atoms with Gasteiger partial charge in [-0.05, 0) is 30.9 Å². The number of rotatable bonds is 8. The third-order valence-corrected chi connectivity index (χ3v) is 2.62. The predicted molar refractivity (Wildman–Crippen MR) is 70.0 cm³/mol. The molecule has 3 heteroatoms. The maximum atomic E-state index is 8.44. The van der Waals surface area contributed by atoms with Crippen molar-refractivity contribution in [1.82, 2.24) is 0 Å². The van der Waals surface area contributed by atoms with Crippen LogP contribution < -0.4 is 5.32 Å². The van der Waals surface area contributed by atoms with Gasteiger partial charge in [-0.1, -0.05) is 18.2 Å². The molecule has 0 spiro atoms. The van der Waals surface area contributed by atoms with Gasteiger partial charge < -0.3 is 10.1 Å². The second-order valence-corrected chi connectivity index (χ2v) is 3.94. The zero-order valence-corrected chi connectivity index (χ0v) is 10.4. The smallest absolute Gasteiger partial charge is 0.0621 e. The molecule has 1 aromatic carbocycles. The Balaban J connectivity index is 2.38. The molecule has 0 aliphatic rings. The molecule has 17 heavy (non-hydrogen) atoms. The number of ether oxygens (including phenoxy) is 1. The Morgan fingerprint density at radius 2 is 2.12 bits per heavy atom. The molecule has 0 saturated carbocycles. The van der Waals surface area contributed by atoms with E-state index in [0.717, 1.165) is 32.4 Å². The van der Waals surface area contributed by atoms with Crippen molar-refractivity contribution >= 4 is 5.69 Å². The lowest BCUT2D eigenvalue weighted by molar-refractivity contribution is 0.202. The minimum absolute atomic E-state index is 0.646. The van der Waals surface area contributed by atoms with E-state index in [1.54, 1.807) is 7.11 Å². The van der Waals surface area contributed by atoms with E-state index in [1.165, 1.54) is 11.3 Å². The first kappa shape index (κ1) is 13.5. The summed E-state index contributed by atoms with van der Waals surface area (Å²) in [5.41, 5.74) is 2.47. The number of nitrogens with one attached hydrogen (secondary N) is 1. The van der Waals surface area contributed by atoms with E-state index >= 15 is 0 Å². The van der Waals surface area contributed by atoms with Crippen LogP contribution >= 0.6 is 0 Å². The van der Waals surface area contributed by atoms with Gasteiger partial charge in [0.05, 0.1) is 12.7 Å². The van der Waals surface area contributed by atoms with E-state index in [2.05, 4.69) is 23.5 Å². The fourth-order valence-electron chi connectivity index (χ4n) is 1.67. The normalized spacial score (nSPS) is 9.88. The van der Waals surface area contributed by atoms with Crippen LogP contribution in [0.15, 0.2) is 24.3 Å². The lowest BCUT2D eigenvalue weighted by Crippen LogP contribution is -2.05. The van der Waals surface area contributed by atoms with Gasteiger partial charge in [-0.25, -0.2) is 0 Å². The number of hydrogen-bond acceptors (Lipinski definition) is 3. The highest BCUT2D eigenvalue weighted by Gasteiger charge is 2.00. The fraction of sp³-hybridized carbons (Fsp3) is 0.500. The van der Waals surface area contributed by atoms with E-state index in [1.807, 2.05) is 12.1 Å². The van der Waals surface area contributed by atoms with Gasteiger partial charge in [0.1, 0.15) is 0 Å². The van der Waals surface area contributed by atoms with Crippen molar-refractivity contribution in [3.8, 4) is 6.07 Å². The van der Waals surface area contributed by atoms with Gasteiger partial charge in [0.2, 0.25) is 0 Å². The van der Waals surface area contributed by atoms with Crippen LogP contribution in [0.4, 0.5) is 5.69 Å². The molecular weight excluding hydrogens is 212 g/mol. The van der Waals surface area contributed by atoms with E-state index in [0.29, 0.717) is 6.42 Å². The second-order valence-electron chi connectivity index (χ2n) is 3.94. The van der Waals surface area contributed by atoms with Crippen molar-refractivity contribution in [2.75, 3.05) is 25.6 Å². The van der Waals surface area contributed by atoms with Gasteiger partial charge in [-0.2, -0.15) is 5.26 Å². The molecule has 0 amide bonds. The highest BCUT2D eigenvalue weighted by Crippen LogP contribution is 2.15. The number of benzene rings is 1. The molecule has 1 N–H and O–H groups in total. The largest absolute Gasteiger partial charge is 0.385 e. The summed E-state index contributed by atoms with van der Waals surface area (Å²) >= 11 is 0. The van der Waals surface area contributed by atoms with Crippen molar-refractivity contribution in [2.24, 2.45) is 0 Å². The molecule has 1 aromatic rings. The summed E-state index contributed by atoms with van der Waals surface area (Å²) in [6, 6.07) is 10.5. The molecule has 0 heterocycles. The van der Waals surface area contributed by atoms with Crippen LogP contribution in [0.3, 0.4) is 0 Å². The minimum Gasteiger partial charge on any atom is -0.385 e. The topological polar surface area (TPSA) is 45.0 Å². The number of methoxy groups -OCH3 is 1. The number of unbranched alkanes of at least 4 members (excludes halogenated alkanes) is 2. The number of nitriles is 1. The first-order valence-electron chi connectivity index (χ1n) is 6.06. The summed E-state index contributed by atoms with van der Waals surface area (Å²) < 4.78 is 5.09. The molecule has 0 atom stereocenters. The zero-order valence-electron chi connectivity index (χ0n) is 10.4. The Morgan fingerprint density at radius 1 is 1.29 bits per heavy atom. The first-order valence-corrected chi connectivity index (χ1v) is 6.06. The summed E-state index contributed by atoms with van der Waals surface area (Å²) in [5.74, 6) is 0. The fourth-order valence-corrected chi connectivity index (χ4v) is 1.67. The third-order valence-electron chi connectivity index (χ3n) is 2.62. The standard InChI is InChI=1S/C14H20N2O/c1-17-12-9-13-7-3-4-8-14(13)16-11-6-2-5-10-15/h3-4,7-8,16H,2,5-6,9,11-12H2,1H3. The van der Waals surface area contributed by atoms with Crippen LogP contribution in [-0.2, 0) is 11.2 Å². The van der Waals surface area contributed by atoms with Gasteiger partial charge in [0, 0.05) is 25.8 Å². The highest BCUT2D eigenvalue weighted by atomic mass is 16.5. The van der Waals surface area contributed by atoms with Crippen LogP contribution in [0.5, 0.6) is 0 Å². The Hall–Kier alpha value is -1.53. The summed E-state index contributed by atoms with van der Waals surface area (Å²) in [7, 11) is 1.72. The van der Waals surface area contributed by atoms with Crippen molar-refractivity contribution in [2.45, 2.75) is 25.7 Å². The summed E-state index contributed by atoms with van der Waals surface area (Å²) in [5, 5.41) is 11.9. The van der Waals surface area contributed by atoms with Gasteiger partial charge in [-0.3, -0.25) is 0 Å². The lowest BCUT2D eigenvalue weighted by Gasteiger charge is -2.11. The van der Waals surface area contributed by atoms with Crippen LogP contribution in [0.2, 0.25) is 0 Å². The molecule has 3 nitrogen and oxygen atoms in total. The molecule has 0 saturated heterocycles. The molecule has 0 aromatic heterocycles. The molecule has 0 aliphatic heterocycles. The summed E-state index contributed by atoms with van der Waals surface area (Å²) in [4.78, 5) is 0. The zero-order chi connectivity index (χ0) is 12.3. The van der Waals surface area contributed by atoms with E-state index in [9.17, 15) is 0 Å². The SMILES string of the molecule is COCCc1ccccc1NCCCCC#N. The predicted octanol–water partition coefficient (Wildman–Crippen LogP) is 2.98.